The molecule has 5 nitrogen and oxygen atoms in total. The molecule has 0 fully saturated rings. The molecule has 0 aliphatic rings. The third-order valence-electron chi connectivity index (χ3n) is 1.85. The lowest BCUT2D eigenvalue weighted by molar-refractivity contribution is -0.387. The number of carbonyl (C=O) groups excluding carboxylic acids is 1. The van der Waals surface area contributed by atoms with E-state index in [9.17, 15) is 19.3 Å². The molecule has 0 unspecified atom stereocenters. The first-order chi connectivity index (χ1) is 7.91. The highest BCUT2D eigenvalue weighted by atomic mass is 79.9. The van der Waals surface area contributed by atoms with Crippen molar-refractivity contribution in [3.63, 3.8) is 0 Å². The van der Waals surface area contributed by atoms with Gasteiger partial charge in [-0.2, -0.15) is 4.39 Å². The Labute approximate surface area is 105 Å². The average molecular weight is 303 g/mol. The van der Waals surface area contributed by atoms with Crippen LogP contribution in [0.5, 0.6) is 0 Å². The molecule has 90 valence electrons. The Bertz CT molecular complexity index is 490. The normalized spacial score (nSPS) is 9.76. The van der Waals surface area contributed by atoms with Crippen LogP contribution in [0.3, 0.4) is 0 Å². The molecule has 0 bridgehead atoms. The molecule has 0 radical (unpaired) electrons. The minimum Gasteiger partial charge on any atom is -0.347 e. The van der Waals surface area contributed by atoms with E-state index in [0.717, 1.165) is 12.1 Å². The van der Waals surface area contributed by atoms with Gasteiger partial charge in [0.15, 0.2) is 0 Å². The van der Waals surface area contributed by atoms with Gasteiger partial charge in [0.05, 0.1) is 4.92 Å². The summed E-state index contributed by atoms with van der Waals surface area (Å²) in [5.41, 5.74) is -0.645. The van der Waals surface area contributed by atoms with Crippen LogP contribution in [-0.4, -0.2) is 17.4 Å². The summed E-state index contributed by atoms with van der Waals surface area (Å²) in [5.74, 6) is -1.57. The van der Waals surface area contributed by atoms with Gasteiger partial charge in [0.25, 0.3) is 5.91 Å². The second kappa shape index (κ2) is 5.53. The Hall–Kier alpha value is -1.76. The number of benzene rings is 1. The average Bonchev–Trinajstić information content (AvgIpc) is 2.25. The van der Waals surface area contributed by atoms with Crippen LogP contribution in [0.2, 0.25) is 0 Å². The van der Waals surface area contributed by atoms with Crippen molar-refractivity contribution in [1.82, 2.24) is 5.32 Å². The topological polar surface area (TPSA) is 72.2 Å². The van der Waals surface area contributed by atoms with E-state index in [0.29, 0.717) is 4.48 Å². The standard InChI is InChI=1S/C10H8BrFN2O3/c1-6(11)5-13-10(15)7-2-3-9(14(16)17)8(12)4-7/h2-4H,1,5H2,(H,13,15). The summed E-state index contributed by atoms with van der Waals surface area (Å²) in [6.45, 7) is 3.71. The van der Waals surface area contributed by atoms with Gasteiger partial charge >= 0.3 is 5.69 Å². The number of carbonyl (C=O) groups is 1. The Morgan fingerprint density at radius 1 is 1.59 bits per heavy atom. The number of nitro groups is 1. The number of nitrogens with zero attached hydrogens (tertiary/aromatic N) is 1. The number of nitrogens with one attached hydrogen (secondary N) is 1. The number of halogens is 2. The summed E-state index contributed by atoms with van der Waals surface area (Å²) in [6, 6.07) is 2.96. The zero-order valence-electron chi connectivity index (χ0n) is 8.57. The van der Waals surface area contributed by atoms with Crippen LogP contribution >= 0.6 is 15.9 Å². The molecule has 1 rings (SSSR count). The molecule has 0 aliphatic heterocycles. The summed E-state index contributed by atoms with van der Waals surface area (Å²) in [7, 11) is 0. The Morgan fingerprint density at radius 2 is 2.24 bits per heavy atom. The van der Waals surface area contributed by atoms with Gasteiger partial charge in [-0.15, -0.1) is 0 Å². The smallest absolute Gasteiger partial charge is 0.304 e. The summed E-state index contributed by atoms with van der Waals surface area (Å²) in [6.07, 6.45) is 0. The molecule has 17 heavy (non-hydrogen) atoms. The van der Waals surface area contributed by atoms with Gasteiger partial charge < -0.3 is 5.32 Å². The SMILES string of the molecule is C=C(Br)CNC(=O)c1ccc([N+](=O)[O-])c(F)c1. The largest absolute Gasteiger partial charge is 0.347 e. The molecule has 0 spiro atoms. The van der Waals surface area contributed by atoms with Crippen molar-refractivity contribution < 1.29 is 14.1 Å². The first-order valence-electron chi connectivity index (χ1n) is 4.47. The van der Waals surface area contributed by atoms with Crippen LogP contribution in [0, 0.1) is 15.9 Å². The predicted molar refractivity (Wildman–Crippen MR) is 63.5 cm³/mol. The summed E-state index contributed by atoms with van der Waals surface area (Å²) >= 11 is 3.05. The van der Waals surface area contributed by atoms with Crippen LogP contribution in [0.15, 0.2) is 29.3 Å². The molecule has 0 atom stereocenters. The first-order valence-corrected chi connectivity index (χ1v) is 5.26. The first kappa shape index (κ1) is 13.3. The third-order valence-corrected chi connectivity index (χ3v) is 2.13. The van der Waals surface area contributed by atoms with Crippen molar-refractivity contribution in [1.29, 1.82) is 0 Å². The predicted octanol–water partition coefficient (Wildman–Crippen LogP) is 2.37. The van der Waals surface area contributed by atoms with Crippen molar-refractivity contribution in [2.45, 2.75) is 0 Å². The molecule has 1 aromatic carbocycles. The van der Waals surface area contributed by atoms with Gasteiger partial charge in [0, 0.05) is 22.7 Å². The van der Waals surface area contributed by atoms with Crippen molar-refractivity contribution in [2.24, 2.45) is 0 Å². The summed E-state index contributed by atoms with van der Waals surface area (Å²) < 4.78 is 13.8. The minimum atomic E-state index is -1.04. The van der Waals surface area contributed by atoms with E-state index in [1.807, 2.05) is 0 Å². The lowest BCUT2D eigenvalue weighted by Crippen LogP contribution is -2.24. The maximum absolute atomic E-state index is 13.2. The Balaban J connectivity index is 2.86. The van der Waals surface area contributed by atoms with Crippen LogP contribution in [-0.2, 0) is 0 Å². The fourth-order valence-corrected chi connectivity index (χ4v) is 1.21. The lowest BCUT2D eigenvalue weighted by atomic mass is 10.2. The van der Waals surface area contributed by atoms with E-state index in [1.165, 1.54) is 6.07 Å². The van der Waals surface area contributed by atoms with E-state index in [4.69, 9.17) is 0 Å². The molecular weight excluding hydrogens is 295 g/mol. The fourth-order valence-electron chi connectivity index (χ4n) is 1.07. The maximum atomic E-state index is 13.2. The van der Waals surface area contributed by atoms with E-state index < -0.39 is 22.3 Å². The Kier molecular flexibility index (Phi) is 4.33. The van der Waals surface area contributed by atoms with Gasteiger partial charge in [0.2, 0.25) is 5.82 Å². The second-order valence-corrected chi connectivity index (χ2v) is 4.24. The van der Waals surface area contributed by atoms with Gasteiger partial charge in [-0.1, -0.05) is 22.5 Å². The van der Waals surface area contributed by atoms with Crippen molar-refractivity contribution in [3.8, 4) is 0 Å². The van der Waals surface area contributed by atoms with Crippen LogP contribution < -0.4 is 5.32 Å². The molecule has 0 saturated heterocycles. The third kappa shape index (κ3) is 3.63. The van der Waals surface area contributed by atoms with Crippen molar-refractivity contribution in [2.75, 3.05) is 6.54 Å². The van der Waals surface area contributed by atoms with Gasteiger partial charge in [0.1, 0.15) is 0 Å². The number of rotatable bonds is 4. The summed E-state index contributed by atoms with van der Waals surface area (Å²) in [4.78, 5) is 21.0. The quantitative estimate of drug-likeness (QED) is 0.685. The molecule has 0 aliphatic carbocycles. The van der Waals surface area contributed by atoms with E-state index in [2.05, 4.69) is 27.8 Å². The zero-order chi connectivity index (χ0) is 13.0. The minimum absolute atomic E-state index is 0.0156. The Morgan fingerprint density at radius 3 is 2.71 bits per heavy atom. The van der Waals surface area contributed by atoms with Crippen LogP contribution in [0.4, 0.5) is 10.1 Å². The highest BCUT2D eigenvalue weighted by Gasteiger charge is 2.16. The summed E-state index contributed by atoms with van der Waals surface area (Å²) in [5, 5.41) is 12.8. The molecule has 1 N–H and O–H groups in total. The maximum Gasteiger partial charge on any atom is 0.304 e. The van der Waals surface area contributed by atoms with Crippen molar-refractivity contribution >= 4 is 27.5 Å². The molecule has 0 saturated carbocycles. The zero-order valence-corrected chi connectivity index (χ0v) is 10.2. The van der Waals surface area contributed by atoms with E-state index >= 15 is 0 Å². The number of nitro benzene ring substituents is 1. The van der Waals surface area contributed by atoms with Crippen molar-refractivity contribution in [3.05, 3.63) is 50.8 Å². The number of hydrogen-bond acceptors (Lipinski definition) is 3. The lowest BCUT2D eigenvalue weighted by Gasteiger charge is -2.04. The number of amides is 1. The van der Waals surface area contributed by atoms with Gasteiger partial charge in [-0.25, -0.2) is 0 Å². The molecule has 0 aromatic heterocycles. The number of hydrogen-bond donors (Lipinski definition) is 1. The fraction of sp³-hybridized carbons (Fsp3) is 0.100. The monoisotopic (exact) mass is 302 g/mol. The van der Waals surface area contributed by atoms with E-state index in [-0.39, 0.29) is 12.1 Å². The van der Waals surface area contributed by atoms with Gasteiger partial charge in [-0.3, -0.25) is 14.9 Å². The molecule has 0 heterocycles. The van der Waals surface area contributed by atoms with Gasteiger partial charge in [-0.05, 0) is 12.1 Å². The van der Waals surface area contributed by atoms with Crippen LogP contribution in [0.25, 0.3) is 0 Å². The molecular formula is C10H8BrFN2O3. The van der Waals surface area contributed by atoms with E-state index in [1.54, 1.807) is 0 Å². The van der Waals surface area contributed by atoms with Crippen LogP contribution in [0.1, 0.15) is 10.4 Å². The molecule has 1 amide bonds. The highest BCUT2D eigenvalue weighted by Crippen LogP contribution is 2.17. The molecule has 7 heteroatoms. The second-order valence-electron chi connectivity index (χ2n) is 3.12. The molecule has 1 aromatic rings. The highest BCUT2D eigenvalue weighted by molar-refractivity contribution is 9.11.